The first-order valence-corrected chi connectivity index (χ1v) is 8.40. The molecule has 0 aromatic heterocycles. The van der Waals surface area contributed by atoms with Gasteiger partial charge in [-0.3, -0.25) is 4.79 Å². The Morgan fingerprint density at radius 3 is 2.30 bits per heavy atom. The summed E-state index contributed by atoms with van der Waals surface area (Å²) in [6.45, 7) is 2.12. The van der Waals surface area contributed by atoms with Crippen molar-refractivity contribution in [2.24, 2.45) is 0 Å². The third-order valence-electron chi connectivity index (χ3n) is 3.66. The quantitative estimate of drug-likeness (QED) is 0.382. The zero-order chi connectivity index (χ0) is 19.6. The van der Waals surface area contributed by atoms with E-state index in [4.69, 9.17) is 18.9 Å². The molecule has 2 rings (SSSR count). The summed E-state index contributed by atoms with van der Waals surface area (Å²) in [6, 6.07) is 12.1. The zero-order valence-corrected chi connectivity index (χ0v) is 15.6. The zero-order valence-electron chi connectivity index (χ0n) is 15.6. The second-order valence-corrected chi connectivity index (χ2v) is 5.43. The summed E-state index contributed by atoms with van der Waals surface area (Å²) in [5.74, 6) is 0.720. The standard InChI is InChI=1S/C21H22O6/c1-4-26-16-8-5-15(6-9-16)7-12-21(23)27-14-19(22)18-11-10-17(24-2)13-20(18)25-3/h5-13H,4,14H2,1-3H3. The third-order valence-corrected chi connectivity index (χ3v) is 3.66. The molecule has 0 spiro atoms. The number of benzene rings is 2. The summed E-state index contributed by atoms with van der Waals surface area (Å²) in [5, 5.41) is 0. The Balaban J connectivity index is 1.92. The SMILES string of the molecule is CCOc1ccc(C=CC(=O)OCC(=O)c2ccc(OC)cc2OC)cc1. The van der Waals surface area contributed by atoms with Crippen LogP contribution in [0.5, 0.6) is 17.2 Å². The van der Waals surface area contributed by atoms with E-state index in [-0.39, 0.29) is 12.4 Å². The monoisotopic (exact) mass is 370 g/mol. The molecule has 2 aromatic carbocycles. The van der Waals surface area contributed by atoms with Crippen molar-refractivity contribution in [3.05, 3.63) is 59.7 Å². The van der Waals surface area contributed by atoms with Gasteiger partial charge in [0.25, 0.3) is 0 Å². The average molecular weight is 370 g/mol. The second-order valence-electron chi connectivity index (χ2n) is 5.43. The Labute approximate surface area is 158 Å². The number of ketones is 1. The molecule has 0 saturated carbocycles. The van der Waals surface area contributed by atoms with Gasteiger partial charge in [0.2, 0.25) is 5.78 Å². The van der Waals surface area contributed by atoms with E-state index in [0.29, 0.717) is 23.7 Å². The van der Waals surface area contributed by atoms with E-state index in [1.165, 1.54) is 20.3 Å². The molecule has 0 fully saturated rings. The lowest BCUT2D eigenvalue weighted by Gasteiger charge is -2.09. The van der Waals surface area contributed by atoms with Crippen molar-refractivity contribution in [3.8, 4) is 17.2 Å². The van der Waals surface area contributed by atoms with E-state index in [2.05, 4.69) is 0 Å². The van der Waals surface area contributed by atoms with E-state index in [1.54, 1.807) is 24.3 Å². The maximum atomic E-state index is 12.3. The number of methoxy groups -OCH3 is 2. The van der Waals surface area contributed by atoms with Crippen molar-refractivity contribution in [1.29, 1.82) is 0 Å². The van der Waals surface area contributed by atoms with Gasteiger partial charge in [-0.2, -0.15) is 0 Å². The van der Waals surface area contributed by atoms with Gasteiger partial charge in [0, 0.05) is 12.1 Å². The van der Waals surface area contributed by atoms with Crippen LogP contribution in [-0.2, 0) is 9.53 Å². The van der Waals surface area contributed by atoms with Crippen LogP contribution < -0.4 is 14.2 Å². The van der Waals surface area contributed by atoms with E-state index in [9.17, 15) is 9.59 Å². The Morgan fingerprint density at radius 2 is 1.67 bits per heavy atom. The lowest BCUT2D eigenvalue weighted by Crippen LogP contribution is -2.13. The minimum atomic E-state index is -0.607. The van der Waals surface area contributed by atoms with Gasteiger partial charge in [-0.05, 0) is 42.8 Å². The Morgan fingerprint density at radius 1 is 0.963 bits per heavy atom. The molecule has 0 N–H and O–H groups in total. The molecule has 0 radical (unpaired) electrons. The number of carbonyl (C=O) groups excluding carboxylic acids is 2. The van der Waals surface area contributed by atoms with Crippen LogP contribution in [0.1, 0.15) is 22.8 Å². The highest BCUT2D eigenvalue weighted by Crippen LogP contribution is 2.25. The van der Waals surface area contributed by atoms with Crippen LogP contribution in [0.2, 0.25) is 0 Å². The normalized spacial score (nSPS) is 10.5. The number of carbonyl (C=O) groups is 2. The lowest BCUT2D eigenvalue weighted by molar-refractivity contribution is -0.136. The van der Waals surface area contributed by atoms with E-state index < -0.39 is 5.97 Å². The maximum Gasteiger partial charge on any atom is 0.331 e. The van der Waals surface area contributed by atoms with Gasteiger partial charge in [-0.25, -0.2) is 4.79 Å². The molecule has 0 atom stereocenters. The predicted molar refractivity (Wildman–Crippen MR) is 101 cm³/mol. The van der Waals surface area contributed by atoms with Crippen molar-refractivity contribution in [1.82, 2.24) is 0 Å². The summed E-state index contributed by atoms with van der Waals surface area (Å²) in [6.07, 6.45) is 2.88. The summed E-state index contributed by atoms with van der Waals surface area (Å²) in [4.78, 5) is 24.1. The van der Waals surface area contributed by atoms with Gasteiger partial charge < -0.3 is 18.9 Å². The fourth-order valence-electron chi connectivity index (χ4n) is 2.30. The molecule has 0 heterocycles. The highest BCUT2D eigenvalue weighted by atomic mass is 16.5. The highest BCUT2D eigenvalue weighted by molar-refractivity contribution is 6.01. The molecular formula is C21H22O6. The number of hydrogen-bond acceptors (Lipinski definition) is 6. The molecular weight excluding hydrogens is 348 g/mol. The smallest absolute Gasteiger partial charge is 0.331 e. The van der Waals surface area contributed by atoms with Crippen molar-refractivity contribution in [2.75, 3.05) is 27.4 Å². The van der Waals surface area contributed by atoms with Crippen molar-refractivity contribution >= 4 is 17.8 Å². The van der Waals surface area contributed by atoms with Gasteiger partial charge in [0.05, 0.1) is 26.4 Å². The van der Waals surface area contributed by atoms with Crippen LogP contribution in [0.25, 0.3) is 6.08 Å². The van der Waals surface area contributed by atoms with Crippen LogP contribution in [0.3, 0.4) is 0 Å². The summed E-state index contributed by atoms with van der Waals surface area (Å²) in [5.41, 5.74) is 1.14. The van der Waals surface area contributed by atoms with Crippen LogP contribution >= 0.6 is 0 Å². The number of Topliss-reactive ketones (excluding diaryl/α,β-unsaturated/α-hetero) is 1. The van der Waals surface area contributed by atoms with E-state index in [1.807, 2.05) is 31.2 Å². The molecule has 0 saturated heterocycles. The number of ether oxygens (including phenoxy) is 4. The molecule has 0 aliphatic carbocycles. The number of hydrogen-bond donors (Lipinski definition) is 0. The largest absolute Gasteiger partial charge is 0.497 e. The van der Waals surface area contributed by atoms with Crippen molar-refractivity contribution < 1.29 is 28.5 Å². The van der Waals surface area contributed by atoms with Gasteiger partial charge in [0.1, 0.15) is 17.2 Å². The molecule has 0 aliphatic heterocycles. The van der Waals surface area contributed by atoms with Crippen molar-refractivity contribution in [2.45, 2.75) is 6.92 Å². The topological polar surface area (TPSA) is 71.1 Å². The molecule has 6 heteroatoms. The maximum absolute atomic E-state index is 12.3. The third kappa shape index (κ3) is 5.88. The van der Waals surface area contributed by atoms with Gasteiger partial charge in [0.15, 0.2) is 6.61 Å². The van der Waals surface area contributed by atoms with Crippen LogP contribution in [-0.4, -0.2) is 39.2 Å². The molecule has 142 valence electrons. The molecule has 6 nitrogen and oxygen atoms in total. The number of rotatable bonds is 9. The summed E-state index contributed by atoms with van der Waals surface area (Å²) in [7, 11) is 2.98. The Bertz CT molecular complexity index is 808. The fraction of sp³-hybridized carbons (Fsp3) is 0.238. The van der Waals surface area contributed by atoms with Gasteiger partial charge in [-0.15, -0.1) is 0 Å². The van der Waals surface area contributed by atoms with Gasteiger partial charge in [-0.1, -0.05) is 12.1 Å². The second kappa shape index (κ2) is 10.0. The summed E-state index contributed by atoms with van der Waals surface area (Å²) < 4.78 is 20.6. The molecule has 0 aliphatic rings. The van der Waals surface area contributed by atoms with Crippen LogP contribution in [0, 0.1) is 0 Å². The number of esters is 1. The highest BCUT2D eigenvalue weighted by Gasteiger charge is 2.14. The first kappa shape index (κ1) is 20.0. The Hall–Kier alpha value is -3.28. The van der Waals surface area contributed by atoms with Crippen LogP contribution in [0.15, 0.2) is 48.5 Å². The van der Waals surface area contributed by atoms with E-state index in [0.717, 1.165) is 11.3 Å². The van der Waals surface area contributed by atoms with Gasteiger partial charge >= 0.3 is 5.97 Å². The van der Waals surface area contributed by atoms with Crippen molar-refractivity contribution in [3.63, 3.8) is 0 Å². The first-order chi connectivity index (χ1) is 13.1. The Kier molecular flexibility index (Phi) is 7.43. The molecule has 0 amide bonds. The first-order valence-electron chi connectivity index (χ1n) is 8.40. The molecule has 0 unspecified atom stereocenters. The predicted octanol–water partition coefficient (Wildman–Crippen LogP) is 3.54. The lowest BCUT2D eigenvalue weighted by atomic mass is 10.1. The minimum absolute atomic E-state index is 0.321. The van der Waals surface area contributed by atoms with E-state index >= 15 is 0 Å². The average Bonchev–Trinajstić information content (AvgIpc) is 2.71. The molecule has 2 aromatic rings. The fourth-order valence-corrected chi connectivity index (χ4v) is 2.30. The van der Waals surface area contributed by atoms with Crippen LogP contribution in [0.4, 0.5) is 0 Å². The molecule has 27 heavy (non-hydrogen) atoms. The summed E-state index contributed by atoms with van der Waals surface area (Å²) >= 11 is 0. The minimum Gasteiger partial charge on any atom is -0.497 e. The molecule has 0 bridgehead atoms.